The third-order valence-corrected chi connectivity index (χ3v) is 3.14. The third kappa shape index (κ3) is 4.66. The quantitative estimate of drug-likeness (QED) is 0.430. The fourth-order valence-electron chi connectivity index (χ4n) is 1.52. The average molecular weight is 253 g/mol. The fraction of sp³-hybridized carbons (Fsp3) is 0.909. The lowest BCUT2D eigenvalue weighted by Gasteiger charge is -2.09. The van der Waals surface area contributed by atoms with E-state index in [1.807, 2.05) is 6.92 Å². The summed E-state index contributed by atoms with van der Waals surface area (Å²) in [6.07, 6.45) is 1.33. The molecule has 3 atom stereocenters. The molecule has 1 saturated carbocycles. The number of halogens is 2. The van der Waals surface area contributed by atoms with E-state index in [2.05, 4.69) is 0 Å². The zero-order valence-electron chi connectivity index (χ0n) is 9.42. The summed E-state index contributed by atoms with van der Waals surface area (Å²) < 4.78 is 17.8. The van der Waals surface area contributed by atoms with Gasteiger partial charge in [-0.25, -0.2) is 4.39 Å². The SMILES string of the molecule is CCCCOC(=O)CC(O)CC1CC1(F)Cl. The molecule has 1 aliphatic carbocycles. The van der Waals surface area contributed by atoms with Crippen LogP contribution >= 0.6 is 11.6 Å². The van der Waals surface area contributed by atoms with Gasteiger partial charge in [-0.05, 0) is 12.8 Å². The summed E-state index contributed by atoms with van der Waals surface area (Å²) in [5.41, 5.74) is 0. The minimum Gasteiger partial charge on any atom is -0.466 e. The molecule has 0 spiro atoms. The lowest BCUT2D eigenvalue weighted by Crippen LogP contribution is -2.17. The van der Waals surface area contributed by atoms with Gasteiger partial charge in [-0.2, -0.15) is 0 Å². The minimum atomic E-state index is -1.66. The van der Waals surface area contributed by atoms with E-state index < -0.39 is 17.2 Å². The van der Waals surface area contributed by atoms with Gasteiger partial charge in [0.2, 0.25) is 0 Å². The molecular weight excluding hydrogens is 235 g/mol. The third-order valence-electron chi connectivity index (χ3n) is 2.68. The molecule has 0 aliphatic heterocycles. The predicted molar refractivity (Wildman–Crippen MR) is 58.9 cm³/mol. The molecule has 3 unspecified atom stereocenters. The van der Waals surface area contributed by atoms with Crippen LogP contribution in [0.3, 0.4) is 0 Å². The van der Waals surface area contributed by atoms with Gasteiger partial charge in [0.1, 0.15) is 0 Å². The highest BCUT2D eigenvalue weighted by molar-refractivity contribution is 6.24. The number of ether oxygens (including phenoxy) is 1. The van der Waals surface area contributed by atoms with Gasteiger partial charge in [0.05, 0.1) is 19.1 Å². The van der Waals surface area contributed by atoms with Crippen LogP contribution in [-0.2, 0) is 9.53 Å². The molecule has 1 aliphatic rings. The molecule has 1 rings (SSSR count). The van der Waals surface area contributed by atoms with Crippen LogP contribution in [-0.4, -0.2) is 28.9 Å². The van der Waals surface area contributed by atoms with E-state index in [1.54, 1.807) is 0 Å². The van der Waals surface area contributed by atoms with Crippen molar-refractivity contribution in [2.45, 2.75) is 50.3 Å². The van der Waals surface area contributed by atoms with Gasteiger partial charge in [0.25, 0.3) is 0 Å². The van der Waals surface area contributed by atoms with Gasteiger partial charge in [-0.3, -0.25) is 4.79 Å². The second kappa shape index (κ2) is 5.82. The van der Waals surface area contributed by atoms with E-state index in [0.29, 0.717) is 6.61 Å². The highest BCUT2D eigenvalue weighted by atomic mass is 35.5. The van der Waals surface area contributed by atoms with Crippen LogP contribution < -0.4 is 0 Å². The molecule has 0 amide bonds. The first-order chi connectivity index (χ1) is 7.45. The fourth-order valence-corrected chi connectivity index (χ4v) is 1.79. The molecule has 0 aromatic carbocycles. The number of hydrogen-bond acceptors (Lipinski definition) is 3. The van der Waals surface area contributed by atoms with E-state index in [1.165, 1.54) is 0 Å². The van der Waals surface area contributed by atoms with Crippen LogP contribution in [0, 0.1) is 5.92 Å². The summed E-state index contributed by atoms with van der Waals surface area (Å²) in [6, 6.07) is 0. The largest absolute Gasteiger partial charge is 0.466 e. The number of unbranched alkanes of at least 4 members (excludes halogenated alkanes) is 1. The molecule has 16 heavy (non-hydrogen) atoms. The van der Waals surface area contributed by atoms with E-state index in [4.69, 9.17) is 16.3 Å². The number of rotatable bonds is 7. The van der Waals surface area contributed by atoms with E-state index in [9.17, 15) is 14.3 Å². The smallest absolute Gasteiger partial charge is 0.308 e. The van der Waals surface area contributed by atoms with E-state index >= 15 is 0 Å². The number of esters is 1. The summed E-state index contributed by atoms with van der Waals surface area (Å²) >= 11 is 5.40. The zero-order chi connectivity index (χ0) is 12.2. The Labute approximate surface area is 99.9 Å². The molecule has 0 bridgehead atoms. The second-order valence-electron chi connectivity index (χ2n) is 4.33. The molecule has 0 saturated heterocycles. The van der Waals surface area contributed by atoms with Crippen LogP contribution in [0.15, 0.2) is 0 Å². The highest BCUT2D eigenvalue weighted by Gasteiger charge is 2.54. The maximum atomic E-state index is 12.9. The maximum absolute atomic E-state index is 12.9. The Kier molecular flexibility index (Phi) is 4.99. The van der Waals surface area contributed by atoms with Crippen molar-refractivity contribution in [3.63, 3.8) is 0 Å². The minimum absolute atomic E-state index is 0.0762. The second-order valence-corrected chi connectivity index (χ2v) is 4.96. The van der Waals surface area contributed by atoms with Crippen molar-refractivity contribution in [1.82, 2.24) is 0 Å². The van der Waals surface area contributed by atoms with E-state index in [0.717, 1.165) is 12.8 Å². The van der Waals surface area contributed by atoms with E-state index in [-0.39, 0.29) is 25.2 Å². The molecule has 0 aromatic heterocycles. The van der Waals surface area contributed by atoms with Crippen LogP contribution in [0.1, 0.15) is 39.0 Å². The molecule has 1 N–H and O–H groups in total. The molecule has 5 heteroatoms. The Morgan fingerprint density at radius 1 is 1.75 bits per heavy atom. The first-order valence-electron chi connectivity index (χ1n) is 5.67. The molecule has 0 radical (unpaired) electrons. The first-order valence-corrected chi connectivity index (χ1v) is 6.05. The topological polar surface area (TPSA) is 46.5 Å². The predicted octanol–water partition coefficient (Wildman–Crippen LogP) is 2.40. The molecular formula is C11H18ClFO3. The van der Waals surface area contributed by atoms with Gasteiger partial charge >= 0.3 is 5.97 Å². The van der Waals surface area contributed by atoms with Crippen LogP contribution in [0.2, 0.25) is 0 Å². The number of carbonyl (C=O) groups is 1. The monoisotopic (exact) mass is 252 g/mol. The maximum Gasteiger partial charge on any atom is 0.308 e. The van der Waals surface area contributed by atoms with Crippen molar-refractivity contribution in [2.24, 2.45) is 5.92 Å². The Hall–Kier alpha value is -0.350. The number of carbonyl (C=O) groups excluding carboxylic acids is 1. The summed E-state index contributed by atoms with van der Waals surface area (Å²) in [6.45, 7) is 2.38. The Balaban J connectivity index is 2.09. The first kappa shape index (κ1) is 13.7. The van der Waals surface area contributed by atoms with Crippen LogP contribution in [0.4, 0.5) is 4.39 Å². The lowest BCUT2D eigenvalue weighted by molar-refractivity contribution is -0.146. The van der Waals surface area contributed by atoms with Gasteiger partial charge in [-0.15, -0.1) is 0 Å². The standard InChI is InChI=1S/C11H18ClFO3/c1-2-3-4-16-10(15)6-9(14)5-8-7-11(8,12)13/h8-9,14H,2-7H2,1H3. The summed E-state index contributed by atoms with van der Waals surface area (Å²) in [4.78, 5) is 11.2. The molecule has 1 fully saturated rings. The van der Waals surface area contributed by atoms with Crippen LogP contribution in [0.5, 0.6) is 0 Å². The number of alkyl halides is 2. The van der Waals surface area contributed by atoms with Gasteiger partial charge in [-0.1, -0.05) is 24.9 Å². The molecule has 0 aromatic rings. The molecule has 94 valence electrons. The zero-order valence-corrected chi connectivity index (χ0v) is 10.2. The van der Waals surface area contributed by atoms with Crippen molar-refractivity contribution in [3.8, 4) is 0 Å². The lowest BCUT2D eigenvalue weighted by atomic mass is 10.1. The molecule has 3 nitrogen and oxygen atoms in total. The summed E-state index contributed by atoms with van der Waals surface area (Å²) in [5, 5.41) is 7.83. The van der Waals surface area contributed by atoms with Crippen molar-refractivity contribution < 1.29 is 19.0 Å². The highest BCUT2D eigenvalue weighted by Crippen LogP contribution is 2.53. The Morgan fingerprint density at radius 3 is 2.88 bits per heavy atom. The van der Waals surface area contributed by atoms with Crippen molar-refractivity contribution >= 4 is 17.6 Å². The number of aliphatic hydroxyl groups excluding tert-OH is 1. The van der Waals surface area contributed by atoms with Gasteiger partial charge in [0, 0.05) is 12.3 Å². The van der Waals surface area contributed by atoms with Crippen LogP contribution in [0.25, 0.3) is 0 Å². The Morgan fingerprint density at radius 2 is 2.38 bits per heavy atom. The molecule has 0 heterocycles. The average Bonchev–Trinajstić information content (AvgIpc) is 2.73. The number of aliphatic hydroxyl groups is 1. The van der Waals surface area contributed by atoms with Gasteiger partial charge in [0.15, 0.2) is 5.13 Å². The van der Waals surface area contributed by atoms with Crippen molar-refractivity contribution in [2.75, 3.05) is 6.61 Å². The summed E-state index contributed by atoms with van der Waals surface area (Å²) in [7, 11) is 0. The van der Waals surface area contributed by atoms with Crippen molar-refractivity contribution in [3.05, 3.63) is 0 Å². The van der Waals surface area contributed by atoms with Crippen molar-refractivity contribution in [1.29, 1.82) is 0 Å². The van der Waals surface area contributed by atoms with Gasteiger partial charge < -0.3 is 9.84 Å². The normalized spacial score (nSPS) is 29.9. The summed E-state index contributed by atoms with van der Waals surface area (Å²) in [5.74, 6) is -0.756. The Bertz CT molecular complexity index is 245. The number of hydrogen-bond donors (Lipinski definition) is 1.